The molecule has 0 unspecified atom stereocenters. The topological polar surface area (TPSA) is 98.0 Å². The van der Waals surface area contributed by atoms with Crippen LogP contribution in [0.2, 0.25) is 0 Å². The van der Waals surface area contributed by atoms with Gasteiger partial charge in [0.05, 0.1) is 6.21 Å². The highest BCUT2D eigenvalue weighted by Gasteiger charge is 2.14. The number of anilines is 1. The zero-order chi connectivity index (χ0) is 16.9. The van der Waals surface area contributed by atoms with Crippen molar-refractivity contribution in [1.29, 1.82) is 0 Å². The maximum Gasteiger partial charge on any atom is 0.290 e. The number of amides is 1. The molecule has 1 amide bonds. The molecule has 1 aliphatic rings. The zero-order valence-corrected chi connectivity index (χ0v) is 13.0. The van der Waals surface area contributed by atoms with Crippen LogP contribution in [0.4, 0.5) is 5.69 Å². The van der Waals surface area contributed by atoms with Gasteiger partial charge in [0.15, 0.2) is 0 Å². The molecule has 0 radical (unpaired) electrons. The molecule has 7 nitrogen and oxygen atoms in total. The van der Waals surface area contributed by atoms with Gasteiger partial charge in [-0.3, -0.25) is 9.78 Å². The molecule has 7 heteroatoms. The van der Waals surface area contributed by atoms with Gasteiger partial charge in [-0.05, 0) is 43.2 Å². The number of phenols is 2. The Morgan fingerprint density at radius 2 is 2.00 bits per heavy atom. The van der Waals surface area contributed by atoms with E-state index in [4.69, 9.17) is 0 Å². The standard InChI is InChI=1S/C17H18N4O3/c22-14-3-4-16(23)12(9-14)11-19-20-17(24)15-10-13(5-6-18-15)21-7-1-2-8-21/h3-6,9-11,22-23H,1-2,7-8H2,(H,20,24). The summed E-state index contributed by atoms with van der Waals surface area (Å²) in [4.78, 5) is 18.4. The van der Waals surface area contributed by atoms with Crippen LogP contribution in [0.15, 0.2) is 41.6 Å². The number of phenolic OH excluding ortho intramolecular Hbond substituents is 2. The second-order valence-corrected chi connectivity index (χ2v) is 5.54. The Morgan fingerprint density at radius 3 is 2.79 bits per heavy atom. The molecule has 0 saturated carbocycles. The van der Waals surface area contributed by atoms with Gasteiger partial charge < -0.3 is 15.1 Å². The van der Waals surface area contributed by atoms with Crippen LogP contribution in [0.25, 0.3) is 0 Å². The largest absolute Gasteiger partial charge is 0.508 e. The first-order valence-corrected chi connectivity index (χ1v) is 7.70. The molecule has 0 spiro atoms. The Hall–Kier alpha value is -3.09. The summed E-state index contributed by atoms with van der Waals surface area (Å²) in [5, 5.41) is 22.8. The van der Waals surface area contributed by atoms with Crippen molar-refractivity contribution in [3.63, 3.8) is 0 Å². The van der Waals surface area contributed by atoms with E-state index in [1.165, 1.54) is 24.4 Å². The first-order chi connectivity index (χ1) is 11.6. The van der Waals surface area contributed by atoms with Crippen molar-refractivity contribution in [2.24, 2.45) is 5.10 Å². The number of benzene rings is 1. The highest BCUT2D eigenvalue weighted by atomic mass is 16.3. The number of rotatable bonds is 4. The molecule has 124 valence electrons. The Kier molecular flexibility index (Phi) is 4.60. The molecule has 1 saturated heterocycles. The molecule has 0 atom stereocenters. The summed E-state index contributed by atoms with van der Waals surface area (Å²) in [5.41, 5.74) is 3.92. The van der Waals surface area contributed by atoms with Gasteiger partial charge in [-0.15, -0.1) is 0 Å². The van der Waals surface area contributed by atoms with E-state index in [0.29, 0.717) is 5.56 Å². The molecular formula is C17H18N4O3. The van der Waals surface area contributed by atoms with Crippen LogP contribution >= 0.6 is 0 Å². The fourth-order valence-corrected chi connectivity index (χ4v) is 2.58. The second-order valence-electron chi connectivity index (χ2n) is 5.54. The fourth-order valence-electron chi connectivity index (χ4n) is 2.58. The van der Waals surface area contributed by atoms with E-state index >= 15 is 0 Å². The lowest BCUT2D eigenvalue weighted by molar-refractivity contribution is 0.0950. The summed E-state index contributed by atoms with van der Waals surface area (Å²) >= 11 is 0. The van der Waals surface area contributed by atoms with Crippen LogP contribution in [-0.4, -0.2) is 40.4 Å². The fraction of sp³-hybridized carbons (Fsp3) is 0.235. The van der Waals surface area contributed by atoms with Gasteiger partial charge in [0.1, 0.15) is 17.2 Å². The predicted molar refractivity (Wildman–Crippen MR) is 90.5 cm³/mol. The summed E-state index contributed by atoms with van der Waals surface area (Å²) in [6.45, 7) is 1.97. The van der Waals surface area contributed by atoms with Crippen molar-refractivity contribution in [3.8, 4) is 11.5 Å². The molecule has 1 aromatic heterocycles. The van der Waals surface area contributed by atoms with Gasteiger partial charge in [0, 0.05) is 30.5 Å². The van der Waals surface area contributed by atoms with Gasteiger partial charge in [-0.25, -0.2) is 5.43 Å². The van der Waals surface area contributed by atoms with Crippen molar-refractivity contribution in [3.05, 3.63) is 47.8 Å². The quantitative estimate of drug-likeness (QED) is 0.452. The normalized spacial score (nSPS) is 14.2. The van der Waals surface area contributed by atoms with Crippen LogP contribution in [0.5, 0.6) is 11.5 Å². The lowest BCUT2D eigenvalue weighted by atomic mass is 10.2. The Balaban J connectivity index is 1.67. The Morgan fingerprint density at radius 1 is 1.21 bits per heavy atom. The van der Waals surface area contributed by atoms with Crippen LogP contribution in [-0.2, 0) is 0 Å². The van der Waals surface area contributed by atoms with E-state index in [-0.39, 0.29) is 17.2 Å². The lowest BCUT2D eigenvalue weighted by Crippen LogP contribution is -2.21. The Labute approximate surface area is 139 Å². The average molecular weight is 326 g/mol. The van der Waals surface area contributed by atoms with Gasteiger partial charge in [0.25, 0.3) is 5.91 Å². The van der Waals surface area contributed by atoms with E-state index in [2.05, 4.69) is 20.4 Å². The van der Waals surface area contributed by atoms with Crippen molar-refractivity contribution in [1.82, 2.24) is 10.4 Å². The first-order valence-electron chi connectivity index (χ1n) is 7.70. The minimum absolute atomic E-state index is 0.000516. The predicted octanol–water partition coefficient (Wildman–Crippen LogP) is 1.86. The number of nitrogens with zero attached hydrogens (tertiary/aromatic N) is 3. The number of hydrogen-bond acceptors (Lipinski definition) is 6. The number of pyridine rings is 1. The molecule has 0 aliphatic carbocycles. The van der Waals surface area contributed by atoms with Crippen LogP contribution in [0, 0.1) is 0 Å². The number of hydrogen-bond donors (Lipinski definition) is 3. The van der Waals surface area contributed by atoms with E-state index in [9.17, 15) is 15.0 Å². The van der Waals surface area contributed by atoms with Crippen LogP contribution < -0.4 is 10.3 Å². The molecule has 0 bridgehead atoms. The Bertz CT molecular complexity index is 770. The number of aromatic hydroxyl groups is 2. The summed E-state index contributed by atoms with van der Waals surface area (Å²) in [5.74, 6) is -0.479. The summed E-state index contributed by atoms with van der Waals surface area (Å²) in [6, 6.07) is 7.67. The number of carbonyl (C=O) groups is 1. The molecular weight excluding hydrogens is 308 g/mol. The molecule has 3 rings (SSSR count). The average Bonchev–Trinajstić information content (AvgIpc) is 3.12. The number of hydrazone groups is 1. The maximum absolute atomic E-state index is 12.1. The second kappa shape index (κ2) is 6.99. The van der Waals surface area contributed by atoms with E-state index < -0.39 is 5.91 Å². The van der Waals surface area contributed by atoms with E-state index in [1.807, 2.05) is 6.07 Å². The smallest absolute Gasteiger partial charge is 0.290 e. The van der Waals surface area contributed by atoms with Crippen molar-refractivity contribution >= 4 is 17.8 Å². The monoisotopic (exact) mass is 326 g/mol. The SMILES string of the molecule is O=C(NN=Cc1cc(O)ccc1O)c1cc(N2CCCC2)ccn1. The zero-order valence-electron chi connectivity index (χ0n) is 13.0. The van der Waals surface area contributed by atoms with Gasteiger partial charge >= 0.3 is 0 Å². The summed E-state index contributed by atoms with van der Waals surface area (Å²) in [6.07, 6.45) is 5.17. The third-order valence-electron chi connectivity index (χ3n) is 3.83. The highest BCUT2D eigenvalue weighted by Crippen LogP contribution is 2.21. The van der Waals surface area contributed by atoms with Crippen molar-refractivity contribution in [2.45, 2.75) is 12.8 Å². The van der Waals surface area contributed by atoms with Gasteiger partial charge in [0.2, 0.25) is 0 Å². The van der Waals surface area contributed by atoms with E-state index in [1.54, 1.807) is 12.3 Å². The number of carbonyl (C=O) groups excluding carboxylic acids is 1. The molecule has 3 N–H and O–H groups in total. The number of nitrogens with one attached hydrogen (secondary N) is 1. The van der Waals surface area contributed by atoms with Crippen molar-refractivity contribution in [2.75, 3.05) is 18.0 Å². The van der Waals surface area contributed by atoms with Gasteiger partial charge in [-0.2, -0.15) is 5.10 Å². The molecule has 2 aromatic rings. The minimum atomic E-state index is -0.438. The molecule has 1 aliphatic heterocycles. The van der Waals surface area contributed by atoms with Gasteiger partial charge in [-0.1, -0.05) is 0 Å². The molecule has 1 aromatic carbocycles. The summed E-state index contributed by atoms with van der Waals surface area (Å²) in [7, 11) is 0. The third kappa shape index (κ3) is 3.62. The molecule has 2 heterocycles. The van der Waals surface area contributed by atoms with Crippen LogP contribution in [0.1, 0.15) is 28.9 Å². The maximum atomic E-state index is 12.1. The molecule has 24 heavy (non-hydrogen) atoms. The summed E-state index contributed by atoms with van der Waals surface area (Å²) < 4.78 is 0. The van der Waals surface area contributed by atoms with Crippen molar-refractivity contribution < 1.29 is 15.0 Å². The highest BCUT2D eigenvalue weighted by molar-refractivity contribution is 5.94. The third-order valence-corrected chi connectivity index (χ3v) is 3.83. The minimum Gasteiger partial charge on any atom is -0.508 e. The first kappa shape index (κ1) is 15.8. The lowest BCUT2D eigenvalue weighted by Gasteiger charge is -2.17. The van der Waals surface area contributed by atoms with Crippen LogP contribution in [0.3, 0.4) is 0 Å². The van der Waals surface area contributed by atoms with E-state index in [0.717, 1.165) is 31.6 Å². The number of aromatic nitrogens is 1. The molecule has 1 fully saturated rings.